The molecule has 2 aliphatic rings. The zero-order valence-corrected chi connectivity index (χ0v) is 19.1. The molecular weight excluding hydrogens is 421 g/mol. The first-order valence-electron chi connectivity index (χ1n) is 11.3. The van der Waals surface area contributed by atoms with Gasteiger partial charge >= 0.3 is 0 Å². The van der Waals surface area contributed by atoms with E-state index in [9.17, 15) is 14.0 Å². The molecule has 0 spiro atoms. The fourth-order valence-electron chi connectivity index (χ4n) is 4.77. The van der Waals surface area contributed by atoms with E-state index in [0.717, 1.165) is 24.3 Å². The Balaban J connectivity index is 1.63. The summed E-state index contributed by atoms with van der Waals surface area (Å²) < 4.78 is 18.9. The minimum Gasteiger partial charge on any atom is -0.383 e. The summed E-state index contributed by atoms with van der Waals surface area (Å²) in [6.45, 7) is 5.48. The topological polar surface area (TPSA) is 53.1 Å². The predicted octanol–water partition coefficient (Wildman–Crippen LogP) is 3.27. The normalized spacial score (nSPS) is 20.7. The van der Waals surface area contributed by atoms with Crippen molar-refractivity contribution >= 4 is 17.4 Å². The van der Waals surface area contributed by atoms with Crippen LogP contribution in [-0.4, -0.2) is 67.9 Å². The number of hydrogen-bond donors (Lipinski definition) is 0. The summed E-state index contributed by atoms with van der Waals surface area (Å²) in [5, 5.41) is 0. The van der Waals surface area contributed by atoms with Crippen molar-refractivity contribution < 1.29 is 18.7 Å². The Morgan fingerprint density at radius 1 is 1.00 bits per heavy atom. The summed E-state index contributed by atoms with van der Waals surface area (Å²) in [5.41, 5.74) is 2.56. The molecule has 33 heavy (non-hydrogen) atoms. The molecule has 4 rings (SSSR count). The van der Waals surface area contributed by atoms with Gasteiger partial charge in [0, 0.05) is 57.3 Å². The van der Waals surface area contributed by atoms with Gasteiger partial charge in [0.25, 0.3) is 0 Å². The molecule has 7 heteroatoms. The number of para-hydroxylation sites is 1. The van der Waals surface area contributed by atoms with Crippen LogP contribution in [0.5, 0.6) is 0 Å². The third-order valence-corrected chi connectivity index (χ3v) is 6.49. The molecule has 2 aliphatic heterocycles. The Hall–Kier alpha value is -3.03. The molecule has 0 saturated carbocycles. The molecular formula is C26H30FN3O3. The summed E-state index contributed by atoms with van der Waals surface area (Å²) in [6.07, 6.45) is 1.55. The van der Waals surface area contributed by atoms with Crippen molar-refractivity contribution in [3.05, 3.63) is 77.8 Å². The van der Waals surface area contributed by atoms with Gasteiger partial charge in [-0.25, -0.2) is 4.39 Å². The maximum absolute atomic E-state index is 13.7. The number of hydrogen-bond acceptors (Lipinski definition) is 5. The quantitative estimate of drug-likeness (QED) is 0.605. The zero-order valence-electron chi connectivity index (χ0n) is 19.1. The van der Waals surface area contributed by atoms with Crippen molar-refractivity contribution in [1.29, 1.82) is 0 Å². The summed E-state index contributed by atoms with van der Waals surface area (Å²) in [6, 6.07) is 15.9. The lowest BCUT2D eigenvalue weighted by Gasteiger charge is -2.44. The number of allylic oxidation sites excluding steroid dienone is 2. The van der Waals surface area contributed by atoms with Crippen LogP contribution in [0.15, 0.2) is 66.4 Å². The molecule has 2 unspecified atom stereocenters. The minimum atomic E-state index is -0.876. The second-order valence-electron chi connectivity index (χ2n) is 8.50. The number of anilines is 1. The maximum atomic E-state index is 13.7. The van der Waals surface area contributed by atoms with Crippen LogP contribution in [0.25, 0.3) is 0 Å². The maximum Gasteiger partial charge on any atom is 0.239 e. The van der Waals surface area contributed by atoms with Gasteiger partial charge in [-0.15, -0.1) is 0 Å². The zero-order chi connectivity index (χ0) is 23.4. The Morgan fingerprint density at radius 3 is 2.30 bits per heavy atom. The van der Waals surface area contributed by atoms with Gasteiger partial charge in [-0.05, 0) is 36.8 Å². The molecule has 0 aliphatic carbocycles. The van der Waals surface area contributed by atoms with Crippen molar-refractivity contribution in [3.8, 4) is 0 Å². The summed E-state index contributed by atoms with van der Waals surface area (Å²) in [7, 11) is 1.59. The van der Waals surface area contributed by atoms with E-state index in [2.05, 4.69) is 21.9 Å². The highest BCUT2D eigenvalue weighted by Crippen LogP contribution is 2.35. The van der Waals surface area contributed by atoms with Crippen LogP contribution in [0.3, 0.4) is 0 Å². The molecule has 174 valence electrons. The number of nitrogens with zero attached hydrogens (tertiary/aromatic N) is 3. The number of carbonyl (C=O) groups is 2. The first-order valence-corrected chi connectivity index (χ1v) is 11.3. The van der Waals surface area contributed by atoms with E-state index in [1.807, 2.05) is 18.2 Å². The molecule has 0 aromatic heterocycles. The second kappa shape index (κ2) is 10.3. The van der Waals surface area contributed by atoms with Crippen LogP contribution in [0.4, 0.5) is 10.1 Å². The van der Waals surface area contributed by atoms with E-state index in [-0.39, 0.29) is 17.5 Å². The van der Waals surface area contributed by atoms with E-state index in [0.29, 0.717) is 31.9 Å². The van der Waals surface area contributed by atoms with Gasteiger partial charge in [-0.1, -0.05) is 30.3 Å². The molecule has 2 aromatic rings. The van der Waals surface area contributed by atoms with E-state index in [4.69, 9.17) is 4.74 Å². The van der Waals surface area contributed by atoms with Crippen LogP contribution in [0.2, 0.25) is 0 Å². The Kier molecular flexibility index (Phi) is 7.20. The van der Waals surface area contributed by atoms with Crippen LogP contribution in [0, 0.1) is 11.7 Å². The highest BCUT2D eigenvalue weighted by Gasteiger charge is 2.44. The molecule has 2 atom stereocenters. The molecule has 1 fully saturated rings. The van der Waals surface area contributed by atoms with E-state index < -0.39 is 12.0 Å². The number of rotatable bonds is 7. The number of methoxy groups -OCH3 is 1. The summed E-state index contributed by atoms with van der Waals surface area (Å²) in [4.78, 5) is 32.9. The molecule has 0 N–H and O–H groups in total. The smallest absolute Gasteiger partial charge is 0.239 e. The van der Waals surface area contributed by atoms with Crippen LogP contribution < -0.4 is 4.90 Å². The standard InChI is InChI=1S/C26H30FN3O3/c1-19-18-23(31)24(26(32)30(19)16-17-33-2)25(20-8-10-21(27)11-9-20)29-14-12-28(13-15-29)22-6-4-3-5-7-22/h3-11,18,24-25H,12-17H2,1-2H3. The van der Waals surface area contributed by atoms with Gasteiger partial charge < -0.3 is 14.5 Å². The van der Waals surface area contributed by atoms with Crippen molar-refractivity contribution in [3.63, 3.8) is 0 Å². The first-order chi connectivity index (χ1) is 16.0. The average Bonchev–Trinajstić information content (AvgIpc) is 2.83. The number of piperazine rings is 1. The fourth-order valence-corrected chi connectivity index (χ4v) is 4.77. The molecule has 0 bridgehead atoms. The fraction of sp³-hybridized carbons (Fsp3) is 0.385. The summed E-state index contributed by atoms with van der Waals surface area (Å²) in [5.74, 6) is -1.65. The van der Waals surface area contributed by atoms with E-state index in [1.54, 1.807) is 37.1 Å². The number of ether oxygens (including phenoxy) is 1. The number of ketones is 1. The van der Waals surface area contributed by atoms with Gasteiger partial charge in [0.1, 0.15) is 11.7 Å². The Labute approximate surface area is 194 Å². The Morgan fingerprint density at radius 2 is 1.67 bits per heavy atom. The number of amides is 1. The van der Waals surface area contributed by atoms with Crippen molar-refractivity contribution in [2.24, 2.45) is 5.92 Å². The third-order valence-electron chi connectivity index (χ3n) is 6.49. The average molecular weight is 452 g/mol. The molecule has 1 amide bonds. The van der Waals surface area contributed by atoms with E-state index >= 15 is 0 Å². The lowest BCUT2D eigenvalue weighted by atomic mass is 9.84. The lowest BCUT2D eigenvalue weighted by Crippen LogP contribution is -2.54. The van der Waals surface area contributed by atoms with Crippen molar-refractivity contribution in [2.45, 2.75) is 13.0 Å². The largest absolute Gasteiger partial charge is 0.383 e. The molecule has 2 aromatic carbocycles. The van der Waals surface area contributed by atoms with Gasteiger partial charge in [0.15, 0.2) is 5.78 Å². The lowest BCUT2D eigenvalue weighted by molar-refractivity contribution is -0.143. The van der Waals surface area contributed by atoms with Gasteiger partial charge in [-0.3, -0.25) is 14.5 Å². The second-order valence-corrected chi connectivity index (χ2v) is 8.50. The van der Waals surface area contributed by atoms with E-state index in [1.165, 1.54) is 12.1 Å². The van der Waals surface area contributed by atoms with Crippen LogP contribution in [0.1, 0.15) is 18.5 Å². The first kappa shape index (κ1) is 23.1. The minimum absolute atomic E-state index is 0.203. The number of carbonyl (C=O) groups excluding carboxylic acids is 2. The van der Waals surface area contributed by atoms with Crippen LogP contribution >= 0.6 is 0 Å². The Bertz CT molecular complexity index is 1000. The SMILES string of the molecule is COCCN1C(=O)C(C(c2ccc(F)cc2)N2CCN(c3ccccc3)CC2)C(=O)C=C1C. The highest BCUT2D eigenvalue weighted by atomic mass is 19.1. The van der Waals surface area contributed by atoms with Crippen molar-refractivity contribution in [1.82, 2.24) is 9.80 Å². The van der Waals surface area contributed by atoms with Crippen LogP contribution in [-0.2, 0) is 14.3 Å². The molecule has 1 saturated heterocycles. The predicted molar refractivity (Wildman–Crippen MR) is 125 cm³/mol. The van der Waals surface area contributed by atoms with Gasteiger partial charge in [0.2, 0.25) is 5.91 Å². The molecule has 2 heterocycles. The number of halogens is 1. The third kappa shape index (κ3) is 4.99. The molecule has 6 nitrogen and oxygen atoms in total. The highest BCUT2D eigenvalue weighted by molar-refractivity contribution is 6.10. The van der Waals surface area contributed by atoms with Gasteiger partial charge in [-0.2, -0.15) is 0 Å². The monoisotopic (exact) mass is 451 g/mol. The molecule has 0 radical (unpaired) electrons. The van der Waals surface area contributed by atoms with Gasteiger partial charge in [0.05, 0.1) is 12.6 Å². The van der Waals surface area contributed by atoms with Crippen molar-refractivity contribution in [2.75, 3.05) is 51.3 Å². The summed E-state index contributed by atoms with van der Waals surface area (Å²) >= 11 is 0. The number of benzene rings is 2.